The lowest BCUT2D eigenvalue weighted by atomic mass is 9.82. The van der Waals surface area contributed by atoms with Gasteiger partial charge in [0.1, 0.15) is 18.2 Å². The first-order valence-electron chi connectivity index (χ1n) is 7.77. The number of hydrazine groups is 1. The number of rotatable bonds is 7. The van der Waals surface area contributed by atoms with Crippen molar-refractivity contribution in [1.29, 1.82) is 0 Å². The van der Waals surface area contributed by atoms with Crippen molar-refractivity contribution in [1.82, 2.24) is 20.2 Å². The molecule has 1 heterocycles. The Kier molecular flexibility index (Phi) is 5.94. The summed E-state index contributed by atoms with van der Waals surface area (Å²) < 4.78 is 7.92. The number of hydrogen-bond acceptors (Lipinski definition) is 5. The fraction of sp³-hybridized carbons (Fsp3) is 0.857. The normalized spacial score (nSPS) is 19.9. The molecule has 0 amide bonds. The summed E-state index contributed by atoms with van der Waals surface area (Å²) in [6.07, 6.45) is 7.98. The zero-order chi connectivity index (χ0) is 14.4. The molecule has 1 aromatic rings. The molecule has 1 aliphatic rings. The van der Waals surface area contributed by atoms with Gasteiger partial charge >= 0.3 is 0 Å². The average molecular weight is 281 g/mol. The number of nitrogens with two attached hydrogens (primary N) is 1. The predicted molar refractivity (Wildman–Crippen MR) is 77.7 cm³/mol. The van der Waals surface area contributed by atoms with Gasteiger partial charge in [0.25, 0.3) is 0 Å². The minimum absolute atomic E-state index is 0.0693. The summed E-state index contributed by atoms with van der Waals surface area (Å²) >= 11 is 0. The van der Waals surface area contributed by atoms with Crippen LogP contribution < -0.4 is 11.3 Å². The highest BCUT2D eigenvalue weighted by molar-refractivity contribution is 5.00. The number of ether oxygens (including phenoxy) is 1. The highest BCUT2D eigenvalue weighted by Gasteiger charge is 2.34. The van der Waals surface area contributed by atoms with Crippen molar-refractivity contribution in [3.63, 3.8) is 0 Å². The van der Waals surface area contributed by atoms with Gasteiger partial charge in [0.05, 0.1) is 6.10 Å². The lowest BCUT2D eigenvalue weighted by Crippen LogP contribution is -2.44. The van der Waals surface area contributed by atoms with Crippen molar-refractivity contribution in [2.45, 2.75) is 64.6 Å². The number of hydrogen-bond donors (Lipinski definition) is 2. The van der Waals surface area contributed by atoms with Gasteiger partial charge in [-0.25, -0.2) is 15.1 Å². The third-order valence-electron chi connectivity index (χ3n) is 4.20. The van der Waals surface area contributed by atoms with Crippen LogP contribution in [-0.4, -0.2) is 27.5 Å². The largest absolute Gasteiger partial charge is 0.376 e. The summed E-state index contributed by atoms with van der Waals surface area (Å²) in [7, 11) is 0. The number of aryl methyl sites for hydroxylation is 1. The number of nitrogens with zero attached hydrogens (tertiary/aromatic N) is 3. The van der Waals surface area contributed by atoms with Crippen molar-refractivity contribution < 1.29 is 4.74 Å². The van der Waals surface area contributed by atoms with Crippen molar-refractivity contribution in [3.05, 3.63) is 12.2 Å². The summed E-state index contributed by atoms with van der Waals surface area (Å²) in [4.78, 5) is 4.39. The quantitative estimate of drug-likeness (QED) is 0.588. The molecule has 0 aromatic carbocycles. The zero-order valence-corrected chi connectivity index (χ0v) is 12.6. The second-order valence-corrected chi connectivity index (χ2v) is 5.40. The summed E-state index contributed by atoms with van der Waals surface area (Å²) in [6, 6.07) is -0.0968. The van der Waals surface area contributed by atoms with E-state index in [1.54, 1.807) is 6.33 Å². The van der Waals surface area contributed by atoms with E-state index in [2.05, 4.69) is 22.4 Å². The molecule has 1 saturated carbocycles. The minimum Gasteiger partial charge on any atom is -0.376 e. The smallest absolute Gasteiger partial charge is 0.147 e. The zero-order valence-electron chi connectivity index (χ0n) is 12.6. The second-order valence-electron chi connectivity index (χ2n) is 5.40. The van der Waals surface area contributed by atoms with Crippen molar-refractivity contribution in [2.75, 3.05) is 6.61 Å². The standard InChI is InChI=1S/C14H27N5O/c1-3-19-14(16-10-17-19)12(18-15)13(20-4-2)11-8-6-5-7-9-11/h10-13,18H,3-9,15H2,1-2H3. The lowest BCUT2D eigenvalue weighted by Gasteiger charge is -2.34. The molecule has 6 nitrogen and oxygen atoms in total. The highest BCUT2D eigenvalue weighted by atomic mass is 16.5. The Morgan fingerprint density at radius 2 is 2.15 bits per heavy atom. The molecule has 114 valence electrons. The molecule has 2 unspecified atom stereocenters. The first kappa shape index (κ1) is 15.4. The maximum atomic E-state index is 6.03. The number of aromatic nitrogens is 3. The van der Waals surface area contributed by atoms with Crippen LogP contribution >= 0.6 is 0 Å². The van der Waals surface area contributed by atoms with Gasteiger partial charge in [-0.3, -0.25) is 5.84 Å². The van der Waals surface area contributed by atoms with Gasteiger partial charge in [0.15, 0.2) is 0 Å². The number of nitrogens with one attached hydrogen (secondary N) is 1. The van der Waals surface area contributed by atoms with E-state index < -0.39 is 0 Å². The Hall–Kier alpha value is -0.980. The van der Waals surface area contributed by atoms with E-state index in [-0.39, 0.29) is 12.1 Å². The van der Waals surface area contributed by atoms with Crippen molar-refractivity contribution >= 4 is 0 Å². The SMILES string of the molecule is CCOC(C1CCCCC1)C(NN)c1ncnn1CC. The topological polar surface area (TPSA) is 78.0 Å². The molecule has 0 radical (unpaired) electrons. The van der Waals surface area contributed by atoms with Crippen LogP contribution in [0.25, 0.3) is 0 Å². The Labute approximate surface area is 121 Å². The van der Waals surface area contributed by atoms with E-state index in [9.17, 15) is 0 Å². The molecule has 1 aromatic heterocycles. The molecule has 3 N–H and O–H groups in total. The van der Waals surface area contributed by atoms with Crippen molar-refractivity contribution in [2.24, 2.45) is 11.8 Å². The molecule has 20 heavy (non-hydrogen) atoms. The molecule has 2 atom stereocenters. The molecular weight excluding hydrogens is 254 g/mol. The van der Waals surface area contributed by atoms with Crippen LogP contribution in [0.3, 0.4) is 0 Å². The molecular formula is C14H27N5O. The Morgan fingerprint density at radius 1 is 1.40 bits per heavy atom. The van der Waals surface area contributed by atoms with Gasteiger partial charge < -0.3 is 4.74 Å². The third kappa shape index (κ3) is 3.37. The molecule has 1 fully saturated rings. The van der Waals surface area contributed by atoms with Crippen LogP contribution in [0, 0.1) is 5.92 Å². The van der Waals surface area contributed by atoms with Gasteiger partial charge in [0, 0.05) is 13.2 Å². The first-order valence-corrected chi connectivity index (χ1v) is 7.77. The Bertz CT molecular complexity index is 389. The molecule has 0 saturated heterocycles. The summed E-state index contributed by atoms with van der Waals surface area (Å²) in [6.45, 7) is 5.58. The lowest BCUT2D eigenvalue weighted by molar-refractivity contribution is -0.0212. The molecule has 1 aliphatic carbocycles. The maximum Gasteiger partial charge on any atom is 0.147 e. The highest BCUT2D eigenvalue weighted by Crippen LogP contribution is 2.33. The van der Waals surface area contributed by atoms with E-state index in [0.29, 0.717) is 12.5 Å². The maximum absolute atomic E-state index is 6.03. The van der Waals surface area contributed by atoms with E-state index in [1.807, 2.05) is 11.6 Å². The first-order chi connectivity index (χ1) is 9.81. The molecule has 0 bridgehead atoms. The van der Waals surface area contributed by atoms with Crippen molar-refractivity contribution in [3.8, 4) is 0 Å². The third-order valence-corrected chi connectivity index (χ3v) is 4.20. The average Bonchev–Trinajstić information content (AvgIpc) is 2.96. The second kappa shape index (κ2) is 7.71. The van der Waals surface area contributed by atoms with Gasteiger partial charge in [0.2, 0.25) is 0 Å². The van der Waals surface area contributed by atoms with E-state index in [1.165, 1.54) is 32.1 Å². The van der Waals surface area contributed by atoms with Gasteiger partial charge in [-0.05, 0) is 32.6 Å². The Balaban J connectivity index is 2.19. The van der Waals surface area contributed by atoms with E-state index >= 15 is 0 Å². The molecule has 0 spiro atoms. The minimum atomic E-state index is -0.0968. The molecule has 6 heteroatoms. The fourth-order valence-electron chi connectivity index (χ4n) is 3.23. The monoisotopic (exact) mass is 281 g/mol. The van der Waals surface area contributed by atoms with Crippen LogP contribution in [0.1, 0.15) is 57.8 Å². The van der Waals surface area contributed by atoms with E-state index in [4.69, 9.17) is 10.6 Å². The Morgan fingerprint density at radius 3 is 2.75 bits per heavy atom. The van der Waals surface area contributed by atoms with Gasteiger partial charge in [-0.2, -0.15) is 5.10 Å². The van der Waals surface area contributed by atoms with Crippen LogP contribution in [-0.2, 0) is 11.3 Å². The summed E-state index contributed by atoms with van der Waals surface area (Å²) in [5, 5.41) is 4.25. The van der Waals surface area contributed by atoms with Crippen LogP contribution in [0.15, 0.2) is 6.33 Å². The summed E-state index contributed by atoms with van der Waals surface area (Å²) in [5.74, 6) is 7.24. The molecule has 2 rings (SSSR count). The van der Waals surface area contributed by atoms with Crippen LogP contribution in [0.4, 0.5) is 0 Å². The van der Waals surface area contributed by atoms with Gasteiger partial charge in [-0.15, -0.1) is 0 Å². The van der Waals surface area contributed by atoms with Gasteiger partial charge in [-0.1, -0.05) is 19.3 Å². The van der Waals surface area contributed by atoms with Crippen LogP contribution in [0.2, 0.25) is 0 Å². The van der Waals surface area contributed by atoms with E-state index in [0.717, 1.165) is 12.4 Å². The molecule has 0 aliphatic heterocycles. The summed E-state index contributed by atoms with van der Waals surface area (Å²) in [5.41, 5.74) is 2.91. The predicted octanol–water partition coefficient (Wildman–Crippen LogP) is 1.79. The fourth-order valence-corrected chi connectivity index (χ4v) is 3.23. The van der Waals surface area contributed by atoms with Crippen LogP contribution in [0.5, 0.6) is 0 Å².